The molecule has 24 heavy (non-hydrogen) atoms. The molecule has 0 fully saturated rings. The fraction of sp³-hybridized carbons (Fsp3) is 0.294. The van der Waals surface area contributed by atoms with Crippen LogP contribution in [0.2, 0.25) is 0 Å². The van der Waals surface area contributed by atoms with Gasteiger partial charge in [0.15, 0.2) is 0 Å². The summed E-state index contributed by atoms with van der Waals surface area (Å²) in [4.78, 5) is 0.226. The number of nitrogens with one attached hydrogen (secondary N) is 1. The molecule has 126 valence electrons. The minimum absolute atomic E-state index is 0.226. The van der Waals surface area contributed by atoms with E-state index in [-0.39, 0.29) is 4.90 Å². The van der Waals surface area contributed by atoms with E-state index >= 15 is 0 Å². The van der Waals surface area contributed by atoms with Gasteiger partial charge in [0.1, 0.15) is 5.01 Å². The van der Waals surface area contributed by atoms with Crippen molar-refractivity contribution >= 4 is 37.3 Å². The lowest BCUT2D eigenvalue weighted by molar-refractivity contribution is 0.601. The number of nitrogens with zero attached hydrogens (tertiary/aromatic N) is 2. The van der Waals surface area contributed by atoms with E-state index in [1.165, 1.54) is 11.3 Å². The topological polar surface area (TPSA) is 72.0 Å². The highest BCUT2D eigenvalue weighted by molar-refractivity contribution is 7.93. The van der Waals surface area contributed by atoms with Gasteiger partial charge in [0.25, 0.3) is 10.0 Å². The Morgan fingerprint density at radius 3 is 2.62 bits per heavy atom. The third-order valence-corrected chi connectivity index (χ3v) is 6.08. The Morgan fingerprint density at radius 2 is 1.83 bits per heavy atom. The van der Waals surface area contributed by atoms with Gasteiger partial charge in [-0.05, 0) is 29.3 Å². The van der Waals surface area contributed by atoms with Crippen molar-refractivity contribution in [1.29, 1.82) is 0 Å². The van der Waals surface area contributed by atoms with E-state index in [1.54, 1.807) is 18.2 Å². The number of anilines is 1. The Balaban J connectivity index is 1.77. The van der Waals surface area contributed by atoms with Crippen molar-refractivity contribution in [2.45, 2.75) is 37.5 Å². The van der Waals surface area contributed by atoms with Crippen LogP contribution >= 0.6 is 11.3 Å². The molecule has 0 aliphatic carbocycles. The average molecular weight is 361 g/mol. The van der Waals surface area contributed by atoms with Crippen LogP contribution in [0.15, 0.2) is 47.4 Å². The number of rotatable bonds is 7. The van der Waals surface area contributed by atoms with E-state index in [0.29, 0.717) is 5.13 Å². The summed E-state index contributed by atoms with van der Waals surface area (Å²) in [5.41, 5.74) is 0. The summed E-state index contributed by atoms with van der Waals surface area (Å²) in [5, 5.41) is 11.1. The first kappa shape index (κ1) is 16.9. The van der Waals surface area contributed by atoms with Crippen molar-refractivity contribution in [2.24, 2.45) is 0 Å². The maximum absolute atomic E-state index is 12.5. The molecule has 3 rings (SSSR count). The number of aryl methyl sites for hydroxylation is 1. The maximum Gasteiger partial charge on any atom is 0.263 e. The Bertz CT molecular complexity index is 936. The number of hydrogen-bond acceptors (Lipinski definition) is 5. The molecule has 0 aliphatic heterocycles. The second-order valence-electron chi connectivity index (χ2n) is 5.57. The Morgan fingerprint density at radius 1 is 1.04 bits per heavy atom. The standard InChI is InChI=1S/C17H19N3O2S2/c1-2-3-4-9-16-18-19-17(23-16)20-24(21,22)15-11-10-13-7-5-6-8-14(13)12-15/h5-8,10-12H,2-4,9H2,1H3,(H,19,20). The lowest BCUT2D eigenvalue weighted by atomic mass is 10.1. The molecule has 1 aromatic heterocycles. The molecule has 0 amide bonds. The van der Waals surface area contributed by atoms with Gasteiger partial charge in [-0.15, -0.1) is 10.2 Å². The number of aromatic nitrogens is 2. The van der Waals surface area contributed by atoms with E-state index in [4.69, 9.17) is 0 Å². The van der Waals surface area contributed by atoms with Crippen LogP contribution in [0.3, 0.4) is 0 Å². The van der Waals surface area contributed by atoms with Crippen LogP contribution in [0.4, 0.5) is 5.13 Å². The van der Waals surface area contributed by atoms with Gasteiger partial charge in [-0.1, -0.05) is 61.4 Å². The van der Waals surface area contributed by atoms with Crippen molar-refractivity contribution < 1.29 is 8.42 Å². The lowest BCUT2D eigenvalue weighted by Crippen LogP contribution is -2.12. The Hall–Kier alpha value is -1.99. The number of sulfonamides is 1. The normalized spacial score (nSPS) is 11.7. The molecule has 0 spiro atoms. The molecule has 0 saturated heterocycles. The average Bonchev–Trinajstić information content (AvgIpc) is 3.01. The third-order valence-electron chi connectivity index (χ3n) is 3.71. The zero-order chi connectivity index (χ0) is 17.0. The summed E-state index contributed by atoms with van der Waals surface area (Å²) in [6.07, 6.45) is 4.16. The molecule has 3 aromatic rings. The SMILES string of the molecule is CCCCCc1nnc(NS(=O)(=O)c2ccc3ccccc3c2)s1. The summed E-state index contributed by atoms with van der Waals surface area (Å²) >= 11 is 1.30. The van der Waals surface area contributed by atoms with Crippen molar-refractivity contribution in [2.75, 3.05) is 4.72 Å². The first-order valence-electron chi connectivity index (χ1n) is 7.92. The zero-order valence-corrected chi connectivity index (χ0v) is 15.0. The van der Waals surface area contributed by atoms with Gasteiger partial charge in [-0.25, -0.2) is 8.42 Å². The van der Waals surface area contributed by atoms with Gasteiger partial charge in [0, 0.05) is 6.42 Å². The quantitative estimate of drug-likeness (QED) is 0.639. The molecule has 0 aliphatic rings. The highest BCUT2D eigenvalue weighted by Gasteiger charge is 2.17. The van der Waals surface area contributed by atoms with Gasteiger partial charge in [-0.2, -0.15) is 0 Å². The number of unbranched alkanes of at least 4 members (excludes halogenated alkanes) is 2. The fourth-order valence-corrected chi connectivity index (χ4v) is 4.48. The highest BCUT2D eigenvalue weighted by atomic mass is 32.2. The second kappa shape index (κ2) is 7.27. The largest absolute Gasteiger partial charge is 0.263 e. The Kier molecular flexibility index (Phi) is 5.11. The van der Waals surface area contributed by atoms with Crippen LogP contribution in [0.25, 0.3) is 10.8 Å². The molecule has 0 bridgehead atoms. The lowest BCUT2D eigenvalue weighted by Gasteiger charge is -2.06. The van der Waals surface area contributed by atoms with Gasteiger partial charge in [0.2, 0.25) is 5.13 Å². The van der Waals surface area contributed by atoms with Crippen molar-refractivity contribution in [3.63, 3.8) is 0 Å². The van der Waals surface area contributed by atoms with E-state index in [1.807, 2.05) is 24.3 Å². The molecule has 0 unspecified atom stereocenters. The molecule has 5 nitrogen and oxygen atoms in total. The fourth-order valence-electron chi connectivity index (χ4n) is 2.43. The summed E-state index contributed by atoms with van der Waals surface area (Å²) in [6.45, 7) is 2.14. The molecular formula is C17H19N3O2S2. The summed E-state index contributed by atoms with van der Waals surface area (Å²) in [7, 11) is -3.66. The summed E-state index contributed by atoms with van der Waals surface area (Å²) < 4.78 is 27.6. The molecule has 0 saturated carbocycles. The molecule has 0 atom stereocenters. The van der Waals surface area contributed by atoms with E-state index < -0.39 is 10.0 Å². The minimum Gasteiger partial charge on any atom is -0.253 e. The molecule has 1 heterocycles. The predicted molar refractivity (Wildman–Crippen MR) is 97.9 cm³/mol. The van der Waals surface area contributed by atoms with E-state index in [9.17, 15) is 8.42 Å². The van der Waals surface area contributed by atoms with E-state index in [2.05, 4.69) is 21.8 Å². The number of fused-ring (bicyclic) bond motifs is 1. The summed E-state index contributed by atoms with van der Waals surface area (Å²) in [5.74, 6) is 0. The van der Waals surface area contributed by atoms with Crippen LogP contribution in [-0.2, 0) is 16.4 Å². The maximum atomic E-state index is 12.5. The minimum atomic E-state index is -3.66. The molecule has 2 aromatic carbocycles. The van der Waals surface area contributed by atoms with Gasteiger partial charge in [0.05, 0.1) is 4.90 Å². The van der Waals surface area contributed by atoms with Crippen LogP contribution in [0.1, 0.15) is 31.2 Å². The van der Waals surface area contributed by atoms with Gasteiger partial charge in [-0.3, -0.25) is 4.72 Å². The number of hydrogen-bond donors (Lipinski definition) is 1. The molecule has 1 N–H and O–H groups in total. The first-order valence-corrected chi connectivity index (χ1v) is 10.2. The third kappa shape index (κ3) is 3.91. The van der Waals surface area contributed by atoms with Crippen LogP contribution in [-0.4, -0.2) is 18.6 Å². The predicted octanol–water partition coefficient (Wildman–Crippen LogP) is 4.22. The van der Waals surface area contributed by atoms with E-state index in [0.717, 1.165) is 41.5 Å². The second-order valence-corrected chi connectivity index (χ2v) is 8.32. The number of benzene rings is 2. The van der Waals surface area contributed by atoms with Gasteiger partial charge < -0.3 is 0 Å². The van der Waals surface area contributed by atoms with Crippen LogP contribution in [0.5, 0.6) is 0 Å². The summed E-state index contributed by atoms with van der Waals surface area (Å²) in [6, 6.07) is 12.7. The molecule has 0 radical (unpaired) electrons. The van der Waals surface area contributed by atoms with Crippen LogP contribution in [0, 0.1) is 0 Å². The van der Waals surface area contributed by atoms with Gasteiger partial charge >= 0.3 is 0 Å². The monoisotopic (exact) mass is 361 g/mol. The highest BCUT2D eigenvalue weighted by Crippen LogP contribution is 2.23. The molecule has 7 heteroatoms. The zero-order valence-electron chi connectivity index (χ0n) is 13.4. The van der Waals surface area contributed by atoms with Crippen molar-refractivity contribution in [3.05, 3.63) is 47.5 Å². The van der Waals surface area contributed by atoms with Crippen LogP contribution < -0.4 is 4.72 Å². The molecular weight excluding hydrogens is 342 g/mol. The van der Waals surface area contributed by atoms with Crippen molar-refractivity contribution in [3.8, 4) is 0 Å². The van der Waals surface area contributed by atoms with Crippen molar-refractivity contribution in [1.82, 2.24) is 10.2 Å². The Labute approximate surface area is 145 Å². The first-order chi connectivity index (χ1) is 11.6. The smallest absolute Gasteiger partial charge is 0.253 e.